The number of nitrogens with zero attached hydrogens (tertiary/aromatic N) is 1. The highest BCUT2D eigenvalue weighted by Gasteiger charge is 2.38. The molecular weight excluding hydrogens is 724 g/mol. The van der Waals surface area contributed by atoms with Gasteiger partial charge in [-0.15, -0.1) is 0 Å². The van der Waals surface area contributed by atoms with Gasteiger partial charge in [-0.05, 0) is 72.6 Å². The molecule has 208 valence electrons. The number of likely N-dealkylation sites (N-methyl/N-ethyl adjacent to an activating group) is 1. The Labute approximate surface area is 260 Å². The van der Waals surface area contributed by atoms with Crippen LogP contribution in [0.2, 0.25) is 0 Å². The molecule has 0 aliphatic rings. The number of ether oxygens (including phenoxy) is 1. The average molecular weight is 751 g/mol. The molecule has 0 aliphatic carbocycles. The second-order valence-corrected chi connectivity index (χ2v) is 13.9. The van der Waals surface area contributed by atoms with Gasteiger partial charge in [0.15, 0.2) is 0 Å². The maximum atomic E-state index is 14.4. The van der Waals surface area contributed by atoms with Gasteiger partial charge in [0.1, 0.15) is 5.75 Å². The van der Waals surface area contributed by atoms with Crippen molar-refractivity contribution in [1.29, 1.82) is 0 Å². The molecule has 0 radical (unpaired) electrons. The van der Waals surface area contributed by atoms with Crippen LogP contribution < -0.4 is 10.1 Å². The molecule has 10 heteroatoms. The fourth-order valence-corrected chi connectivity index (χ4v) is 7.20. The Bertz CT molecular complexity index is 1590. The predicted molar refractivity (Wildman–Crippen MR) is 169 cm³/mol. The summed E-state index contributed by atoms with van der Waals surface area (Å²) in [7, 11) is -1.25. The third-order valence-electron chi connectivity index (χ3n) is 6.46. The Morgan fingerprint density at radius 3 is 2.02 bits per heavy atom. The van der Waals surface area contributed by atoms with Crippen LogP contribution in [0.3, 0.4) is 0 Å². The second kappa shape index (κ2) is 12.9. The molecule has 0 heterocycles. The van der Waals surface area contributed by atoms with Crippen LogP contribution in [-0.2, 0) is 14.8 Å². The van der Waals surface area contributed by atoms with Crippen molar-refractivity contribution in [3.8, 4) is 5.75 Å². The number of hydrogen-bond acceptors (Lipinski definition) is 5. The number of anilines is 1. The lowest BCUT2D eigenvalue weighted by Crippen LogP contribution is -2.40. The van der Waals surface area contributed by atoms with Crippen molar-refractivity contribution in [3.63, 3.8) is 0 Å². The van der Waals surface area contributed by atoms with Gasteiger partial charge in [-0.1, -0.05) is 89.8 Å². The van der Waals surface area contributed by atoms with E-state index in [2.05, 4.69) is 53.1 Å². The second-order valence-electron chi connectivity index (χ2n) is 9.21. The average Bonchev–Trinajstić information content (AvgIpc) is 2.92. The summed E-state index contributed by atoms with van der Waals surface area (Å²) in [6, 6.07) is 26.2. The highest BCUT2D eigenvalue weighted by Crippen LogP contribution is 2.39. The fourth-order valence-electron chi connectivity index (χ4n) is 4.35. The van der Waals surface area contributed by atoms with E-state index < -0.39 is 27.9 Å². The summed E-state index contributed by atoms with van der Waals surface area (Å²) in [5.41, 5.74) is 3.08. The summed E-state index contributed by atoms with van der Waals surface area (Å²) in [6.45, 7) is 1.87. The minimum atomic E-state index is -4.12. The van der Waals surface area contributed by atoms with Crippen LogP contribution in [-0.4, -0.2) is 32.8 Å². The van der Waals surface area contributed by atoms with Crippen LogP contribution in [0.1, 0.15) is 28.7 Å². The van der Waals surface area contributed by atoms with Crippen molar-refractivity contribution >= 4 is 69.4 Å². The number of methoxy groups -OCH3 is 1. The van der Waals surface area contributed by atoms with Crippen molar-refractivity contribution in [2.45, 2.75) is 23.8 Å². The Hall–Kier alpha value is -2.66. The number of halogens is 3. The van der Waals surface area contributed by atoms with Crippen molar-refractivity contribution < 1.29 is 17.9 Å². The molecule has 0 spiro atoms. The molecule has 0 aliphatic heterocycles. The number of nitrogens with one attached hydrogen (secondary N) is 1. The number of sulfonamides is 1. The highest BCUT2D eigenvalue weighted by atomic mass is 79.9. The van der Waals surface area contributed by atoms with Gasteiger partial charge in [-0.3, -0.25) is 4.79 Å². The molecular formula is C30H27Br3N2O4S. The van der Waals surface area contributed by atoms with E-state index in [9.17, 15) is 13.2 Å². The molecule has 0 unspecified atom stereocenters. The van der Waals surface area contributed by atoms with Crippen LogP contribution in [0.25, 0.3) is 0 Å². The fraction of sp³-hybridized carbons (Fsp3) is 0.167. The van der Waals surface area contributed by atoms with E-state index in [1.54, 1.807) is 43.5 Å². The first-order valence-electron chi connectivity index (χ1n) is 12.2. The molecule has 0 saturated carbocycles. The van der Waals surface area contributed by atoms with Crippen LogP contribution in [0, 0.1) is 6.92 Å². The number of carbonyl (C=O) groups is 1. The molecule has 6 nitrogen and oxygen atoms in total. The third-order valence-corrected chi connectivity index (χ3v) is 9.63. The van der Waals surface area contributed by atoms with Gasteiger partial charge in [0.25, 0.3) is 10.0 Å². The molecule has 4 aromatic carbocycles. The van der Waals surface area contributed by atoms with Gasteiger partial charge in [-0.2, -0.15) is 0 Å². The zero-order valence-corrected chi connectivity index (χ0v) is 27.5. The largest absolute Gasteiger partial charge is 0.497 e. The lowest BCUT2D eigenvalue weighted by atomic mass is 9.86. The van der Waals surface area contributed by atoms with E-state index in [0.29, 0.717) is 11.3 Å². The lowest BCUT2D eigenvalue weighted by Gasteiger charge is -2.32. The topological polar surface area (TPSA) is 75.7 Å². The number of amides is 1. The smallest absolute Gasteiger partial charge is 0.266 e. The normalized spacial score (nSPS) is 12.8. The van der Waals surface area contributed by atoms with E-state index in [1.165, 1.54) is 19.2 Å². The monoisotopic (exact) mass is 748 g/mol. The maximum absolute atomic E-state index is 14.4. The summed E-state index contributed by atoms with van der Waals surface area (Å²) in [6.07, 6.45) is 0. The van der Waals surface area contributed by atoms with Crippen molar-refractivity contribution in [2.75, 3.05) is 19.5 Å². The van der Waals surface area contributed by atoms with Crippen LogP contribution in [0.4, 0.5) is 5.69 Å². The summed E-state index contributed by atoms with van der Waals surface area (Å²) in [5.74, 6) is -0.890. The summed E-state index contributed by atoms with van der Waals surface area (Å²) in [4.78, 5) is 14.4. The van der Waals surface area contributed by atoms with E-state index in [0.717, 1.165) is 34.5 Å². The minimum Gasteiger partial charge on any atom is -0.497 e. The molecule has 0 saturated heterocycles. The SMILES string of the molecule is COc1ccc([C@@H](C(=O)N(C)S(=O)(=O)c2ccc(C)cc2)[C@H](Nc2cc(Br)cc(Br)c2)c2cccc(Br)c2)cc1. The molecule has 40 heavy (non-hydrogen) atoms. The van der Waals surface area contributed by atoms with Gasteiger partial charge in [-0.25, -0.2) is 12.7 Å². The molecule has 2 atom stereocenters. The predicted octanol–water partition coefficient (Wildman–Crippen LogP) is 8.08. The van der Waals surface area contributed by atoms with Crippen LogP contribution in [0.5, 0.6) is 5.75 Å². The number of aryl methyl sites for hydroxylation is 1. The van der Waals surface area contributed by atoms with E-state index in [1.807, 2.05) is 49.4 Å². The zero-order chi connectivity index (χ0) is 29.0. The number of rotatable bonds is 9. The number of benzene rings is 4. The van der Waals surface area contributed by atoms with Crippen molar-refractivity contribution in [2.24, 2.45) is 0 Å². The first kappa shape index (κ1) is 30.3. The molecule has 0 aromatic heterocycles. The Morgan fingerprint density at radius 1 is 0.825 bits per heavy atom. The summed E-state index contributed by atoms with van der Waals surface area (Å²) < 4.78 is 35.9. The van der Waals surface area contributed by atoms with E-state index in [-0.39, 0.29) is 4.90 Å². The minimum absolute atomic E-state index is 0.0466. The van der Waals surface area contributed by atoms with Gasteiger partial charge in [0.2, 0.25) is 5.91 Å². The first-order chi connectivity index (χ1) is 19.0. The summed E-state index contributed by atoms with van der Waals surface area (Å²) in [5, 5.41) is 3.51. The van der Waals surface area contributed by atoms with Gasteiger partial charge in [0, 0.05) is 26.2 Å². The van der Waals surface area contributed by atoms with Crippen molar-refractivity contribution in [3.05, 3.63) is 121 Å². The van der Waals surface area contributed by atoms with Gasteiger partial charge < -0.3 is 10.1 Å². The Balaban J connectivity index is 1.88. The standard InChI is InChI=1S/C30H27Br3N2O4S/c1-19-7-13-27(14-8-19)40(37,38)35(2)30(36)28(20-9-11-26(39-3)12-10-20)29(21-5-4-6-22(31)15-21)34-25-17-23(32)16-24(33)18-25/h4-18,28-29,34H,1-3H3/t28-,29-/m1/s1. The first-order valence-corrected chi connectivity index (χ1v) is 16.0. The Morgan fingerprint density at radius 2 is 1.45 bits per heavy atom. The van der Waals surface area contributed by atoms with E-state index >= 15 is 0 Å². The summed E-state index contributed by atoms with van der Waals surface area (Å²) >= 11 is 10.6. The van der Waals surface area contributed by atoms with Crippen molar-refractivity contribution in [1.82, 2.24) is 4.31 Å². The van der Waals surface area contributed by atoms with Gasteiger partial charge >= 0.3 is 0 Å². The lowest BCUT2D eigenvalue weighted by molar-refractivity contribution is -0.127. The molecule has 4 aromatic rings. The van der Waals surface area contributed by atoms with E-state index in [4.69, 9.17) is 4.74 Å². The molecule has 1 amide bonds. The molecule has 0 fully saturated rings. The van der Waals surface area contributed by atoms with Crippen LogP contribution in [0.15, 0.2) is 109 Å². The third kappa shape index (κ3) is 6.97. The maximum Gasteiger partial charge on any atom is 0.266 e. The number of hydrogen-bond donors (Lipinski definition) is 1. The molecule has 1 N–H and O–H groups in total. The highest BCUT2D eigenvalue weighted by molar-refractivity contribution is 9.11. The molecule has 0 bridgehead atoms. The van der Waals surface area contributed by atoms with Gasteiger partial charge in [0.05, 0.1) is 24.0 Å². The Kier molecular flexibility index (Phi) is 9.76. The quantitative estimate of drug-likeness (QED) is 0.187. The van der Waals surface area contributed by atoms with Crippen LogP contribution >= 0.6 is 47.8 Å². The molecule has 4 rings (SSSR count). The zero-order valence-electron chi connectivity index (χ0n) is 21.9. The number of carbonyl (C=O) groups excluding carboxylic acids is 1.